The van der Waals surface area contributed by atoms with Gasteiger partial charge < -0.3 is 29.4 Å². The van der Waals surface area contributed by atoms with Crippen LogP contribution in [-0.4, -0.2) is 26.1 Å². The monoisotopic (exact) mass is 392 g/mol. The molecule has 7 heteroatoms. The van der Waals surface area contributed by atoms with E-state index in [9.17, 15) is 14.7 Å². The summed E-state index contributed by atoms with van der Waals surface area (Å²) in [5.74, 6) is -0.215. The number of carbonyl (C=O) groups excluding carboxylic acids is 2. The van der Waals surface area contributed by atoms with Crippen LogP contribution in [0.3, 0.4) is 0 Å². The molecule has 3 rings (SSSR count). The molecule has 7 nitrogen and oxygen atoms in total. The lowest BCUT2D eigenvalue weighted by Crippen LogP contribution is -2.25. The van der Waals surface area contributed by atoms with Gasteiger partial charge in [0, 0.05) is 17.2 Å². The van der Waals surface area contributed by atoms with Crippen molar-refractivity contribution in [2.24, 2.45) is 0 Å². The molecule has 0 unspecified atom stereocenters. The van der Waals surface area contributed by atoms with E-state index < -0.39 is 11.9 Å². The van der Waals surface area contributed by atoms with Gasteiger partial charge in [0.05, 0.1) is 25.9 Å². The van der Waals surface area contributed by atoms with Crippen molar-refractivity contribution in [2.45, 2.75) is 0 Å². The lowest BCUT2D eigenvalue weighted by molar-refractivity contribution is -0.254. The molecule has 0 aliphatic rings. The number of hydrogen-bond donors (Lipinski definition) is 1. The number of hydrogen-bond acceptors (Lipinski definition) is 6. The molecular weight excluding hydrogens is 374 g/mol. The standard InChI is InChI=1S/C22H19NO6/c1-27-19-12-17(22(25)26)18(13-20(19)28-2)23-21(24)14-8-10-16(11-9-14)29-15-6-4-3-5-7-15/h3-13H,1-2H3,(H,23,24)(H,25,26)/p-1. The first-order chi connectivity index (χ1) is 14.0. The number of rotatable bonds is 7. The number of carboxylic acids is 1. The van der Waals surface area contributed by atoms with Gasteiger partial charge in [0.15, 0.2) is 11.5 Å². The molecule has 3 aromatic carbocycles. The highest BCUT2D eigenvalue weighted by Gasteiger charge is 2.15. The van der Waals surface area contributed by atoms with Gasteiger partial charge >= 0.3 is 0 Å². The van der Waals surface area contributed by atoms with E-state index in [2.05, 4.69) is 5.32 Å². The SMILES string of the molecule is COc1cc(NC(=O)c2ccc(Oc3ccccc3)cc2)c(C(=O)[O-])cc1OC. The Bertz CT molecular complexity index is 1020. The van der Waals surface area contributed by atoms with Crippen LogP contribution in [0.4, 0.5) is 5.69 Å². The lowest BCUT2D eigenvalue weighted by Gasteiger charge is -2.16. The number of ether oxygens (including phenoxy) is 3. The van der Waals surface area contributed by atoms with E-state index in [1.807, 2.05) is 30.3 Å². The first kappa shape index (κ1) is 19.8. The van der Waals surface area contributed by atoms with Crippen LogP contribution in [0.15, 0.2) is 66.7 Å². The number of methoxy groups -OCH3 is 2. The fourth-order valence-electron chi connectivity index (χ4n) is 2.64. The Balaban J connectivity index is 1.80. The van der Waals surface area contributed by atoms with Crippen LogP contribution < -0.4 is 24.6 Å². The highest BCUT2D eigenvalue weighted by Crippen LogP contribution is 2.33. The second-order valence-corrected chi connectivity index (χ2v) is 5.93. The second kappa shape index (κ2) is 8.79. The van der Waals surface area contributed by atoms with E-state index in [4.69, 9.17) is 14.2 Å². The van der Waals surface area contributed by atoms with Crippen LogP contribution in [0.2, 0.25) is 0 Å². The van der Waals surface area contributed by atoms with Crippen LogP contribution in [0.25, 0.3) is 0 Å². The zero-order valence-corrected chi connectivity index (χ0v) is 15.8. The van der Waals surface area contributed by atoms with Gasteiger partial charge in [0.25, 0.3) is 5.91 Å². The van der Waals surface area contributed by atoms with Crippen molar-refractivity contribution in [2.75, 3.05) is 19.5 Å². The van der Waals surface area contributed by atoms with Crippen LogP contribution in [0.5, 0.6) is 23.0 Å². The van der Waals surface area contributed by atoms with Gasteiger partial charge in [-0.3, -0.25) is 4.79 Å². The summed E-state index contributed by atoms with van der Waals surface area (Å²) in [5.41, 5.74) is 0.141. The smallest absolute Gasteiger partial charge is 0.255 e. The molecule has 0 atom stereocenters. The summed E-state index contributed by atoms with van der Waals surface area (Å²) < 4.78 is 15.9. The molecule has 0 saturated carbocycles. The maximum Gasteiger partial charge on any atom is 0.255 e. The molecular formula is C22H18NO6-. The van der Waals surface area contributed by atoms with E-state index in [-0.39, 0.29) is 22.7 Å². The van der Waals surface area contributed by atoms with Crippen LogP contribution in [-0.2, 0) is 0 Å². The molecule has 1 amide bonds. The summed E-state index contributed by atoms with van der Waals surface area (Å²) in [4.78, 5) is 24.0. The molecule has 0 aliphatic heterocycles. The van der Waals surface area contributed by atoms with E-state index in [0.29, 0.717) is 17.1 Å². The summed E-state index contributed by atoms with van der Waals surface area (Å²) in [6.07, 6.45) is 0. The summed E-state index contributed by atoms with van der Waals surface area (Å²) >= 11 is 0. The number of anilines is 1. The third-order valence-electron chi connectivity index (χ3n) is 4.09. The first-order valence-corrected chi connectivity index (χ1v) is 8.63. The Morgan fingerprint density at radius 3 is 2.00 bits per heavy atom. The van der Waals surface area contributed by atoms with Gasteiger partial charge in [0.2, 0.25) is 0 Å². The Morgan fingerprint density at radius 2 is 1.41 bits per heavy atom. The summed E-state index contributed by atoms with van der Waals surface area (Å²) in [6.45, 7) is 0. The van der Waals surface area contributed by atoms with Crippen LogP contribution >= 0.6 is 0 Å². The van der Waals surface area contributed by atoms with Gasteiger partial charge in [0.1, 0.15) is 11.5 Å². The molecule has 0 saturated heterocycles. The van der Waals surface area contributed by atoms with Crippen molar-refractivity contribution in [3.8, 4) is 23.0 Å². The van der Waals surface area contributed by atoms with Crippen molar-refractivity contribution in [1.82, 2.24) is 0 Å². The molecule has 0 spiro atoms. The Morgan fingerprint density at radius 1 is 0.828 bits per heavy atom. The number of amides is 1. The third-order valence-corrected chi connectivity index (χ3v) is 4.09. The first-order valence-electron chi connectivity index (χ1n) is 8.63. The summed E-state index contributed by atoms with van der Waals surface area (Å²) in [6, 6.07) is 18.3. The van der Waals surface area contributed by atoms with E-state index in [1.54, 1.807) is 24.3 Å². The minimum absolute atomic E-state index is 0.0391. The van der Waals surface area contributed by atoms with Gasteiger partial charge in [-0.1, -0.05) is 18.2 Å². The largest absolute Gasteiger partial charge is 0.545 e. The Labute approximate surface area is 167 Å². The predicted molar refractivity (Wildman–Crippen MR) is 105 cm³/mol. The quantitative estimate of drug-likeness (QED) is 0.664. The summed E-state index contributed by atoms with van der Waals surface area (Å²) in [7, 11) is 2.79. The number of carboxylic acid groups (broad SMARTS) is 1. The van der Waals surface area contributed by atoms with Gasteiger partial charge in [-0.05, 0) is 42.5 Å². The number of benzene rings is 3. The molecule has 1 N–H and O–H groups in total. The normalized spacial score (nSPS) is 10.1. The van der Waals surface area contributed by atoms with E-state index in [1.165, 1.54) is 26.4 Å². The molecule has 148 valence electrons. The molecule has 0 fully saturated rings. The average molecular weight is 392 g/mol. The molecule has 0 bridgehead atoms. The van der Waals surface area contributed by atoms with E-state index >= 15 is 0 Å². The number of aromatic carboxylic acids is 1. The molecule has 0 heterocycles. The van der Waals surface area contributed by atoms with Crippen LogP contribution in [0, 0.1) is 0 Å². The van der Waals surface area contributed by atoms with Crippen molar-refractivity contribution < 1.29 is 28.9 Å². The van der Waals surface area contributed by atoms with Crippen molar-refractivity contribution >= 4 is 17.6 Å². The predicted octanol–water partition coefficient (Wildman–Crippen LogP) is 3.11. The number of carbonyl (C=O) groups is 2. The fourth-order valence-corrected chi connectivity index (χ4v) is 2.64. The number of nitrogens with one attached hydrogen (secondary N) is 1. The second-order valence-electron chi connectivity index (χ2n) is 5.93. The highest BCUT2D eigenvalue weighted by molar-refractivity contribution is 6.08. The Hall–Kier alpha value is -4.00. The lowest BCUT2D eigenvalue weighted by atomic mass is 10.1. The average Bonchev–Trinajstić information content (AvgIpc) is 2.74. The molecule has 29 heavy (non-hydrogen) atoms. The molecule has 3 aromatic rings. The van der Waals surface area contributed by atoms with Crippen LogP contribution in [0.1, 0.15) is 20.7 Å². The fraction of sp³-hybridized carbons (Fsp3) is 0.0909. The van der Waals surface area contributed by atoms with Gasteiger partial charge in [-0.2, -0.15) is 0 Å². The highest BCUT2D eigenvalue weighted by atomic mass is 16.5. The molecule has 0 aliphatic carbocycles. The molecule has 0 aromatic heterocycles. The van der Waals surface area contributed by atoms with Crippen molar-refractivity contribution in [3.63, 3.8) is 0 Å². The minimum Gasteiger partial charge on any atom is -0.545 e. The topological polar surface area (TPSA) is 96.9 Å². The summed E-state index contributed by atoms with van der Waals surface area (Å²) in [5, 5.41) is 14.0. The van der Waals surface area contributed by atoms with Gasteiger partial charge in [-0.25, -0.2) is 0 Å². The van der Waals surface area contributed by atoms with E-state index in [0.717, 1.165) is 0 Å². The maximum absolute atomic E-state index is 12.6. The van der Waals surface area contributed by atoms with Crippen molar-refractivity contribution in [3.05, 3.63) is 77.9 Å². The molecule has 0 radical (unpaired) electrons. The third kappa shape index (κ3) is 4.65. The van der Waals surface area contributed by atoms with Crippen molar-refractivity contribution in [1.29, 1.82) is 0 Å². The zero-order chi connectivity index (χ0) is 20.8. The zero-order valence-electron chi connectivity index (χ0n) is 15.8. The Kier molecular flexibility index (Phi) is 5.99. The maximum atomic E-state index is 12.6. The minimum atomic E-state index is -1.45. The number of para-hydroxylation sites is 1. The van der Waals surface area contributed by atoms with Gasteiger partial charge in [-0.15, -0.1) is 0 Å².